The zero-order chi connectivity index (χ0) is 17.9. The van der Waals surface area contributed by atoms with Crippen LogP contribution in [-0.4, -0.2) is 55.1 Å². The van der Waals surface area contributed by atoms with Crippen LogP contribution in [0.15, 0.2) is 24.3 Å². The molecule has 0 saturated carbocycles. The molecule has 130 valence electrons. The summed E-state index contributed by atoms with van der Waals surface area (Å²) in [5.41, 5.74) is 5.46. The minimum Gasteiger partial charge on any atom is -0.366 e. The Morgan fingerprint density at radius 2 is 1.96 bits per heavy atom. The molecule has 1 fully saturated rings. The summed E-state index contributed by atoms with van der Waals surface area (Å²) < 4.78 is 23.1. The molecule has 0 spiro atoms. The summed E-state index contributed by atoms with van der Waals surface area (Å²) in [5, 5.41) is 2.37. The summed E-state index contributed by atoms with van der Waals surface area (Å²) >= 11 is 0. The third-order valence-corrected chi connectivity index (χ3v) is 5.64. The molecule has 8 nitrogen and oxygen atoms in total. The topological polar surface area (TPSA) is 127 Å². The van der Waals surface area contributed by atoms with E-state index in [1.165, 1.54) is 17.0 Å². The molecule has 1 aliphatic heterocycles. The van der Waals surface area contributed by atoms with Crippen molar-refractivity contribution >= 4 is 33.2 Å². The Labute approximate surface area is 139 Å². The Morgan fingerprint density at radius 1 is 1.29 bits per heavy atom. The molecule has 0 radical (unpaired) electrons. The highest BCUT2D eigenvalue weighted by molar-refractivity contribution is 7.91. The molecule has 0 bridgehead atoms. The lowest BCUT2D eigenvalue weighted by atomic mass is 10.1. The van der Waals surface area contributed by atoms with E-state index in [0.717, 1.165) is 0 Å². The van der Waals surface area contributed by atoms with E-state index in [1.807, 2.05) is 0 Å². The number of hydrogen-bond acceptors (Lipinski definition) is 5. The highest BCUT2D eigenvalue weighted by Gasteiger charge is 2.36. The second kappa shape index (κ2) is 7.00. The van der Waals surface area contributed by atoms with Crippen LogP contribution < -0.4 is 11.1 Å². The number of likely N-dealkylation sites (N-methyl/N-ethyl adjacent to an activating group) is 1. The van der Waals surface area contributed by atoms with Crippen LogP contribution >= 0.6 is 0 Å². The lowest BCUT2D eigenvalue weighted by molar-refractivity contribution is -0.144. The van der Waals surface area contributed by atoms with Crippen molar-refractivity contribution in [2.75, 3.05) is 23.4 Å². The standard InChI is InChI=1S/C15H19N3O5S/c1-2-18(10-7-8-24(22,23)9-10)15(21)14(20)17-12-6-4-3-5-11(12)13(16)19/h3-6,10H,2,7-9H2,1H3,(H2,16,19)(H,17,20). The molecule has 1 aromatic rings. The van der Waals surface area contributed by atoms with Gasteiger partial charge in [0.15, 0.2) is 9.84 Å². The minimum atomic E-state index is -3.17. The molecule has 3 N–H and O–H groups in total. The lowest BCUT2D eigenvalue weighted by Gasteiger charge is -2.26. The Hall–Kier alpha value is -2.42. The normalized spacial score (nSPS) is 18.8. The fourth-order valence-electron chi connectivity index (χ4n) is 2.70. The summed E-state index contributed by atoms with van der Waals surface area (Å²) in [6.45, 7) is 1.89. The minimum absolute atomic E-state index is 0.00751. The monoisotopic (exact) mass is 353 g/mol. The molecule has 1 saturated heterocycles. The summed E-state index contributed by atoms with van der Waals surface area (Å²) in [4.78, 5) is 37.2. The third-order valence-electron chi connectivity index (χ3n) is 3.89. The highest BCUT2D eigenvalue weighted by atomic mass is 32.2. The fourth-order valence-corrected chi connectivity index (χ4v) is 4.43. The number of para-hydroxylation sites is 1. The van der Waals surface area contributed by atoms with Gasteiger partial charge in [0.2, 0.25) is 0 Å². The van der Waals surface area contributed by atoms with Gasteiger partial charge >= 0.3 is 11.8 Å². The SMILES string of the molecule is CCN(C(=O)C(=O)Nc1ccccc1C(N)=O)C1CCS(=O)(=O)C1. The first kappa shape index (κ1) is 17.9. The fraction of sp³-hybridized carbons (Fsp3) is 0.400. The number of carbonyl (C=O) groups is 3. The van der Waals surface area contributed by atoms with Crippen molar-refractivity contribution in [2.45, 2.75) is 19.4 Å². The number of sulfone groups is 1. The summed E-state index contributed by atoms with van der Waals surface area (Å²) in [6.07, 6.45) is 0.313. The van der Waals surface area contributed by atoms with Crippen molar-refractivity contribution < 1.29 is 22.8 Å². The average Bonchev–Trinajstić information content (AvgIpc) is 2.88. The van der Waals surface area contributed by atoms with Gasteiger partial charge in [-0.1, -0.05) is 12.1 Å². The van der Waals surface area contributed by atoms with Crippen molar-refractivity contribution in [3.05, 3.63) is 29.8 Å². The van der Waals surface area contributed by atoms with E-state index < -0.39 is 33.6 Å². The molecule has 0 aromatic heterocycles. The van der Waals surface area contributed by atoms with E-state index in [1.54, 1.807) is 19.1 Å². The number of nitrogens with two attached hydrogens (primary N) is 1. The van der Waals surface area contributed by atoms with E-state index in [0.29, 0.717) is 6.42 Å². The summed E-state index contributed by atoms with van der Waals surface area (Å²) in [7, 11) is -3.17. The largest absolute Gasteiger partial charge is 0.366 e. The number of nitrogens with one attached hydrogen (secondary N) is 1. The van der Waals surface area contributed by atoms with Crippen molar-refractivity contribution in [2.24, 2.45) is 5.73 Å². The number of primary amides is 1. The van der Waals surface area contributed by atoms with Crippen molar-refractivity contribution in [1.82, 2.24) is 4.90 Å². The van der Waals surface area contributed by atoms with Gasteiger partial charge in [0.05, 0.1) is 22.8 Å². The number of amides is 3. The van der Waals surface area contributed by atoms with Gasteiger partial charge < -0.3 is 16.0 Å². The van der Waals surface area contributed by atoms with Crippen molar-refractivity contribution in [3.63, 3.8) is 0 Å². The second-order valence-corrected chi connectivity index (χ2v) is 7.74. The molecule has 1 aromatic carbocycles. The summed E-state index contributed by atoms with van der Waals surface area (Å²) in [6, 6.07) is 5.56. The second-order valence-electron chi connectivity index (χ2n) is 5.51. The van der Waals surface area contributed by atoms with Crippen molar-refractivity contribution in [1.29, 1.82) is 0 Å². The van der Waals surface area contributed by atoms with Gasteiger partial charge in [0, 0.05) is 12.6 Å². The maximum absolute atomic E-state index is 12.4. The highest BCUT2D eigenvalue weighted by Crippen LogP contribution is 2.19. The van der Waals surface area contributed by atoms with Crippen molar-refractivity contribution in [3.8, 4) is 0 Å². The van der Waals surface area contributed by atoms with E-state index in [9.17, 15) is 22.8 Å². The quantitative estimate of drug-likeness (QED) is 0.722. The molecule has 3 amide bonds. The van der Waals surface area contributed by atoms with Crippen LogP contribution in [0.1, 0.15) is 23.7 Å². The average molecular weight is 353 g/mol. The van der Waals surface area contributed by atoms with E-state index in [4.69, 9.17) is 5.73 Å². The van der Waals surface area contributed by atoms with Gasteiger partial charge in [0.25, 0.3) is 5.91 Å². The lowest BCUT2D eigenvalue weighted by Crippen LogP contribution is -2.46. The molecule has 0 aliphatic carbocycles. The third kappa shape index (κ3) is 3.91. The van der Waals surface area contributed by atoms with Crippen LogP contribution in [0.5, 0.6) is 0 Å². The summed E-state index contributed by atoms with van der Waals surface area (Å²) in [5.74, 6) is -2.63. The van der Waals surface area contributed by atoms with E-state index in [-0.39, 0.29) is 29.3 Å². The molecule has 2 rings (SSSR count). The molecule has 24 heavy (non-hydrogen) atoms. The number of hydrogen-bond donors (Lipinski definition) is 2. The Balaban J connectivity index is 2.14. The predicted octanol–water partition coefficient (Wildman–Crippen LogP) is -0.240. The number of carbonyl (C=O) groups excluding carboxylic acids is 3. The van der Waals surface area contributed by atoms with Gasteiger partial charge in [-0.05, 0) is 25.5 Å². The zero-order valence-electron chi connectivity index (χ0n) is 13.2. The van der Waals surface area contributed by atoms with Crippen LogP contribution in [0.25, 0.3) is 0 Å². The smallest absolute Gasteiger partial charge is 0.313 e. The van der Waals surface area contributed by atoms with Gasteiger partial charge in [-0.25, -0.2) is 8.42 Å². The van der Waals surface area contributed by atoms with Gasteiger partial charge in [-0.15, -0.1) is 0 Å². The van der Waals surface area contributed by atoms with Gasteiger partial charge in [-0.2, -0.15) is 0 Å². The van der Waals surface area contributed by atoms with Crippen LogP contribution in [-0.2, 0) is 19.4 Å². The number of nitrogens with zero attached hydrogens (tertiary/aromatic N) is 1. The van der Waals surface area contributed by atoms with E-state index >= 15 is 0 Å². The molecule has 1 atom stereocenters. The number of benzene rings is 1. The molecule has 9 heteroatoms. The molecule has 1 aliphatic rings. The van der Waals surface area contributed by atoms with Gasteiger partial charge in [0.1, 0.15) is 0 Å². The van der Waals surface area contributed by atoms with Gasteiger partial charge in [-0.3, -0.25) is 14.4 Å². The maximum atomic E-state index is 12.4. The first-order valence-corrected chi connectivity index (χ1v) is 9.28. The van der Waals surface area contributed by atoms with Crippen LogP contribution in [0.4, 0.5) is 5.69 Å². The maximum Gasteiger partial charge on any atom is 0.313 e. The Kier molecular flexibility index (Phi) is 5.23. The van der Waals surface area contributed by atoms with Crippen LogP contribution in [0.2, 0.25) is 0 Å². The molecular weight excluding hydrogens is 334 g/mol. The molecular formula is C15H19N3O5S. The Morgan fingerprint density at radius 3 is 2.50 bits per heavy atom. The molecule has 1 unspecified atom stereocenters. The number of anilines is 1. The zero-order valence-corrected chi connectivity index (χ0v) is 14.0. The number of rotatable bonds is 4. The first-order chi connectivity index (χ1) is 11.2. The van der Waals surface area contributed by atoms with Crippen LogP contribution in [0.3, 0.4) is 0 Å². The van der Waals surface area contributed by atoms with Crippen LogP contribution in [0, 0.1) is 0 Å². The Bertz CT molecular complexity index is 775. The first-order valence-electron chi connectivity index (χ1n) is 7.46. The molecule has 1 heterocycles. The predicted molar refractivity (Wildman–Crippen MR) is 88.0 cm³/mol. The van der Waals surface area contributed by atoms with E-state index in [2.05, 4.69) is 5.32 Å².